The number of aliphatic hydroxyl groups excluding tert-OH is 1. The second-order valence-corrected chi connectivity index (χ2v) is 8.62. The van der Waals surface area contributed by atoms with E-state index in [2.05, 4.69) is 50.2 Å². The minimum atomic E-state index is -0.0601. The van der Waals surface area contributed by atoms with Crippen molar-refractivity contribution in [2.75, 3.05) is 6.61 Å². The summed E-state index contributed by atoms with van der Waals surface area (Å²) in [5, 5.41) is 13.3. The zero-order valence-corrected chi connectivity index (χ0v) is 14.5. The average Bonchev–Trinajstić information content (AvgIpc) is 2.69. The summed E-state index contributed by atoms with van der Waals surface area (Å²) in [5.41, 5.74) is -0.0601. The second-order valence-electron chi connectivity index (χ2n) is 5.31. The molecule has 1 aromatic rings. The van der Waals surface area contributed by atoms with Gasteiger partial charge in [0.15, 0.2) is 0 Å². The van der Waals surface area contributed by atoms with Crippen LogP contribution in [-0.2, 0) is 6.54 Å². The van der Waals surface area contributed by atoms with Gasteiger partial charge < -0.3 is 10.4 Å². The van der Waals surface area contributed by atoms with E-state index in [0.29, 0.717) is 0 Å². The van der Waals surface area contributed by atoms with E-state index in [1.54, 1.807) is 11.3 Å². The molecule has 5 heteroatoms. The minimum absolute atomic E-state index is 0.0601. The molecule has 0 aliphatic heterocycles. The van der Waals surface area contributed by atoms with Gasteiger partial charge in [0.2, 0.25) is 0 Å². The lowest BCUT2D eigenvalue weighted by Crippen LogP contribution is -2.50. The Balaban J connectivity index is 1.94. The van der Waals surface area contributed by atoms with E-state index in [-0.39, 0.29) is 12.1 Å². The maximum Gasteiger partial charge on any atom is 0.0843 e. The summed E-state index contributed by atoms with van der Waals surface area (Å²) < 4.78 is 2.24. The van der Waals surface area contributed by atoms with Gasteiger partial charge >= 0.3 is 0 Å². The third kappa shape index (κ3) is 3.57. The van der Waals surface area contributed by atoms with Gasteiger partial charge in [0.05, 0.1) is 10.4 Å². The van der Waals surface area contributed by atoms with Crippen molar-refractivity contribution < 1.29 is 5.11 Å². The van der Waals surface area contributed by atoms with Gasteiger partial charge in [-0.2, -0.15) is 0 Å². The first-order valence-corrected chi connectivity index (χ1v) is 8.74. The third-order valence-electron chi connectivity index (χ3n) is 3.87. The van der Waals surface area contributed by atoms with Crippen LogP contribution >= 0.6 is 43.2 Å². The van der Waals surface area contributed by atoms with E-state index in [1.165, 1.54) is 17.7 Å². The van der Waals surface area contributed by atoms with E-state index >= 15 is 0 Å². The smallest absolute Gasteiger partial charge is 0.0843 e. The summed E-state index contributed by atoms with van der Waals surface area (Å²) in [5.74, 6) is 0.802. The van der Waals surface area contributed by atoms with Crippen LogP contribution in [0.4, 0.5) is 0 Å². The van der Waals surface area contributed by atoms with Gasteiger partial charge in [-0.3, -0.25) is 0 Å². The van der Waals surface area contributed by atoms with Crippen LogP contribution in [0.2, 0.25) is 0 Å². The predicted octanol–water partition coefficient (Wildman–Crippen LogP) is 4.30. The highest BCUT2D eigenvalue weighted by Crippen LogP contribution is 2.34. The van der Waals surface area contributed by atoms with Crippen molar-refractivity contribution >= 4 is 43.2 Å². The number of hydrogen-bond acceptors (Lipinski definition) is 3. The van der Waals surface area contributed by atoms with Crippen LogP contribution in [0, 0.1) is 5.92 Å². The number of halogens is 2. The van der Waals surface area contributed by atoms with Gasteiger partial charge in [0, 0.05) is 21.4 Å². The maximum absolute atomic E-state index is 9.69. The molecule has 2 rings (SSSR count). The fourth-order valence-corrected chi connectivity index (χ4v) is 4.58. The van der Waals surface area contributed by atoms with E-state index in [9.17, 15) is 5.11 Å². The van der Waals surface area contributed by atoms with Gasteiger partial charge in [-0.05, 0) is 69.5 Å². The summed E-state index contributed by atoms with van der Waals surface area (Å²) in [6.45, 7) is 3.38. The van der Waals surface area contributed by atoms with Gasteiger partial charge in [-0.25, -0.2) is 0 Å². The molecule has 1 heterocycles. The van der Waals surface area contributed by atoms with Crippen LogP contribution in [0.3, 0.4) is 0 Å². The Morgan fingerprint density at radius 3 is 2.61 bits per heavy atom. The Hall–Kier alpha value is 0.580. The van der Waals surface area contributed by atoms with Gasteiger partial charge in [0.25, 0.3) is 0 Å². The van der Waals surface area contributed by atoms with E-state index in [1.807, 2.05) is 0 Å². The zero-order valence-electron chi connectivity index (χ0n) is 10.5. The van der Waals surface area contributed by atoms with Crippen molar-refractivity contribution in [3.8, 4) is 0 Å². The van der Waals surface area contributed by atoms with Crippen molar-refractivity contribution in [1.29, 1.82) is 0 Å². The first-order chi connectivity index (χ1) is 8.54. The van der Waals surface area contributed by atoms with Gasteiger partial charge in [-0.1, -0.05) is 6.92 Å². The fourth-order valence-electron chi connectivity index (χ4n) is 2.46. The van der Waals surface area contributed by atoms with Crippen LogP contribution in [0.5, 0.6) is 0 Å². The molecule has 0 radical (unpaired) electrons. The number of hydrogen-bond donors (Lipinski definition) is 2. The molecule has 0 bridgehead atoms. The normalized spacial score (nSPS) is 28.6. The first-order valence-electron chi connectivity index (χ1n) is 6.34. The van der Waals surface area contributed by atoms with Gasteiger partial charge in [-0.15, -0.1) is 11.3 Å². The van der Waals surface area contributed by atoms with Crippen LogP contribution < -0.4 is 5.32 Å². The highest BCUT2D eigenvalue weighted by Gasteiger charge is 2.33. The molecule has 102 valence electrons. The summed E-state index contributed by atoms with van der Waals surface area (Å²) in [6, 6.07) is 2.14. The molecule has 1 aliphatic carbocycles. The number of thiophene rings is 1. The summed E-state index contributed by atoms with van der Waals surface area (Å²) in [6.07, 6.45) is 4.59. The molecule has 1 fully saturated rings. The number of nitrogens with one attached hydrogen (secondary N) is 1. The monoisotopic (exact) mass is 395 g/mol. The van der Waals surface area contributed by atoms with Crippen LogP contribution in [0.15, 0.2) is 14.3 Å². The van der Waals surface area contributed by atoms with Crippen molar-refractivity contribution in [3.63, 3.8) is 0 Å². The standard InChI is InChI=1S/C13H19Br2NOS/c1-9-2-4-13(8-17,5-3-9)16-7-10-6-11(14)12(15)18-10/h6,9,16-17H,2-5,7-8H2,1H3. The molecular weight excluding hydrogens is 378 g/mol. The fraction of sp³-hybridized carbons (Fsp3) is 0.692. The first kappa shape index (κ1) is 15.0. The molecule has 2 nitrogen and oxygen atoms in total. The quantitative estimate of drug-likeness (QED) is 0.794. The Morgan fingerprint density at radius 2 is 2.11 bits per heavy atom. The molecule has 0 aromatic carbocycles. The SMILES string of the molecule is CC1CCC(CO)(NCc2cc(Br)c(Br)s2)CC1. The third-order valence-corrected chi connectivity index (χ3v) is 7.12. The minimum Gasteiger partial charge on any atom is -0.394 e. The average molecular weight is 397 g/mol. The molecule has 0 spiro atoms. The topological polar surface area (TPSA) is 32.3 Å². The summed E-state index contributed by atoms with van der Waals surface area (Å²) in [7, 11) is 0. The predicted molar refractivity (Wildman–Crippen MR) is 84.0 cm³/mol. The molecule has 0 amide bonds. The van der Waals surface area contributed by atoms with Crippen LogP contribution in [0.25, 0.3) is 0 Å². The highest BCUT2D eigenvalue weighted by atomic mass is 79.9. The van der Waals surface area contributed by atoms with Crippen molar-refractivity contribution in [3.05, 3.63) is 19.2 Å². The lowest BCUT2D eigenvalue weighted by Gasteiger charge is -2.39. The summed E-state index contributed by atoms with van der Waals surface area (Å²) >= 11 is 8.76. The Labute approximate surface area is 129 Å². The molecule has 1 aromatic heterocycles. The molecular formula is C13H19Br2NOS. The van der Waals surface area contributed by atoms with E-state index in [4.69, 9.17) is 0 Å². The van der Waals surface area contributed by atoms with Crippen molar-refractivity contribution in [1.82, 2.24) is 5.32 Å². The Morgan fingerprint density at radius 1 is 1.44 bits per heavy atom. The van der Waals surface area contributed by atoms with Crippen molar-refractivity contribution in [2.45, 2.75) is 44.7 Å². The van der Waals surface area contributed by atoms with Crippen LogP contribution in [0.1, 0.15) is 37.5 Å². The lowest BCUT2D eigenvalue weighted by molar-refractivity contribution is 0.104. The number of aliphatic hydroxyl groups is 1. The van der Waals surface area contributed by atoms with Crippen LogP contribution in [-0.4, -0.2) is 17.3 Å². The Bertz CT molecular complexity index is 380. The molecule has 0 saturated heterocycles. The van der Waals surface area contributed by atoms with Crippen molar-refractivity contribution in [2.24, 2.45) is 5.92 Å². The van der Waals surface area contributed by atoms with Gasteiger partial charge in [0.1, 0.15) is 0 Å². The molecule has 0 atom stereocenters. The molecule has 1 saturated carbocycles. The van der Waals surface area contributed by atoms with E-state index in [0.717, 1.165) is 33.6 Å². The Kier molecular flexibility index (Phi) is 5.29. The number of rotatable bonds is 4. The molecule has 18 heavy (non-hydrogen) atoms. The maximum atomic E-state index is 9.69. The largest absolute Gasteiger partial charge is 0.394 e. The summed E-state index contributed by atoms with van der Waals surface area (Å²) in [4.78, 5) is 1.29. The highest BCUT2D eigenvalue weighted by molar-refractivity contribution is 9.13. The molecule has 0 unspecified atom stereocenters. The second kappa shape index (κ2) is 6.35. The lowest BCUT2D eigenvalue weighted by atomic mass is 9.77. The zero-order chi connectivity index (χ0) is 13.2. The molecule has 2 N–H and O–H groups in total. The van der Waals surface area contributed by atoms with E-state index < -0.39 is 0 Å². The molecule has 1 aliphatic rings.